The number of nitrogens with one attached hydrogen (secondary N) is 1. The lowest BCUT2D eigenvalue weighted by molar-refractivity contribution is 0.0619. The van der Waals surface area contributed by atoms with Crippen LogP contribution in [0, 0.1) is 0 Å². The van der Waals surface area contributed by atoms with Gasteiger partial charge in [-0.05, 0) is 29.3 Å². The smallest absolute Gasteiger partial charge is 0.110 e. The van der Waals surface area contributed by atoms with Gasteiger partial charge in [0.25, 0.3) is 0 Å². The number of fused-ring (bicyclic) bond motifs is 1. The average molecular weight is 496 g/mol. The van der Waals surface area contributed by atoms with Crippen LogP contribution < -0.4 is 5.32 Å². The molecule has 0 radical (unpaired) electrons. The highest BCUT2D eigenvalue weighted by molar-refractivity contribution is 5.63. The molecule has 4 unspecified atom stereocenters. The Balaban J connectivity index is 1.02. The van der Waals surface area contributed by atoms with E-state index < -0.39 is 0 Å². The van der Waals surface area contributed by atoms with Crippen LogP contribution in [0.25, 0.3) is 11.1 Å². The first-order valence-electron chi connectivity index (χ1n) is 13.0. The van der Waals surface area contributed by atoms with Gasteiger partial charge in [-0.3, -0.25) is 4.90 Å². The number of aromatic nitrogens is 3. The molecule has 2 saturated heterocycles. The first kappa shape index (κ1) is 24.0. The first-order valence-corrected chi connectivity index (χ1v) is 13.0. The fraction of sp³-hybridized carbons (Fsp3) is 0.333. The summed E-state index contributed by atoms with van der Waals surface area (Å²) >= 11 is 0. The minimum Gasteiger partial charge on any atom is -0.371 e. The molecule has 1 aromatic heterocycles. The molecular weight excluding hydrogens is 462 g/mol. The molecule has 3 heterocycles. The van der Waals surface area contributed by atoms with Crippen LogP contribution in [0.3, 0.4) is 0 Å². The minimum absolute atomic E-state index is 0.0157. The summed E-state index contributed by atoms with van der Waals surface area (Å²) in [6.07, 6.45) is 2.03. The van der Waals surface area contributed by atoms with Crippen molar-refractivity contribution in [2.24, 2.45) is 0 Å². The molecule has 1 N–H and O–H groups in total. The van der Waals surface area contributed by atoms with Gasteiger partial charge in [-0.2, -0.15) is 0 Å². The molecule has 4 atom stereocenters. The highest BCUT2D eigenvalue weighted by atomic mass is 16.6. The molecule has 4 aromatic rings. The lowest BCUT2D eigenvalue weighted by atomic mass is 10.0. The third-order valence-corrected chi connectivity index (χ3v) is 7.28. The summed E-state index contributed by atoms with van der Waals surface area (Å²) in [7, 11) is 2.10. The zero-order valence-corrected chi connectivity index (χ0v) is 21.1. The van der Waals surface area contributed by atoms with E-state index >= 15 is 0 Å². The van der Waals surface area contributed by atoms with E-state index in [1.807, 2.05) is 23.0 Å². The van der Waals surface area contributed by atoms with E-state index in [-0.39, 0.29) is 24.3 Å². The topological polar surface area (TPSA) is 64.4 Å². The predicted octanol–water partition coefficient (Wildman–Crippen LogP) is 4.07. The van der Waals surface area contributed by atoms with Gasteiger partial charge in [0.1, 0.15) is 18.2 Å². The van der Waals surface area contributed by atoms with Gasteiger partial charge in [0.15, 0.2) is 0 Å². The van der Waals surface area contributed by atoms with E-state index in [2.05, 4.69) is 100 Å². The van der Waals surface area contributed by atoms with Crippen LogP contribution in [0.4, 0.5) is 0 Å². The van der Waals surface area contributed by atoms with Crippen molar-refractivity contribution in [1.82, 2.24) is 25.2 Å². The summed E-state index contributed by atoms with van der Waals surface area (Å²) in [6.45, 7) is 3.61. The van der Waals surface area contributed by atoms with Crippen molar-refractivity contribution in [3.05, 3.63) is 108 Å². The molecule has 0 bridgehead atoms. The van der Waals surface area contributed by atoms with Gasteiger partial charge in [-0.25, -0.2) is 4.68 Å². The molecule has 2 fully saturated rings. The van der Waals surface area contributed by atoms with Crippen molar-refractivity contribution < 1.29 is 9.47 Å². The Kier molecular flexibility index (Phi) is 7.10. The van der Waals surface area contributed by atoms with E-state index in [9.17, 15) is 0 Å². The third-order valence-electron chi connectivity index (χ3n) is 7.28. The SMILES string of the molecule is CN(Cc1ccccc1)Cc1cn(C2COC3C(NCc4ccc(-c5ccccc5)cc4)COC32)nn1. The molecule has 0 spiro atoms. The lowest BCUT2D eigenvalue weighted by Gasteiger charge is -2.18. The van der Waals surface area contributed by atoms with Crippen molar-refractivity contribution in [3.8, 4) is 11.1 Å². The van der Waals surface area contributed by atoms with E-state index in [0.29, 0.717) is 13.2 Å². The van der Waals surface area contributed by atoms with Gasteiger partial charge in [0.05, 0.1) is 31.1 Å². The number of ether oxygens (including phenoxy) is 2. The van der Waals surface area contributed by atoms with Crippen LogP contribution in [0.5, 0.6) is 0 Å². The molecule has 3 aromatic carbocycles. The summed E-state index contributed by atoms with van der Waals surface area (Å²) < 4.78 is 14.3. The lowest BCUT2D eigenvalue weighted by Crippen LogP contribution is -2.40. The second-order valence-corrected chi connectivity index (χ2v) is 10.1. The largest absolute Gasteiger partial charge is 0.371 e. The maximum atomic E-state index is 6.20. The molecule has 190 valence electrons. The van der Waals surface area contributed by atoms with Crippen LogP contribution >= 0.6 is 0 Å². The van der Waals surface area contributed by atoms with Gasteiger partial charge in [-0.1, -0.05) is 90.1 Å². The van der Waals surface area contributed by atoms with Crippen molar-refractivity contribution in [2.75, 3.05) is 20.3 Å². The molecule has 2 aliphatic rings. The summed E-state index contributed by atoms with van der Waals surface area (Å²) in [5.41, 5.74) is 5.95. The maximum Gasteiger partial charge on any atom is 0.110 e. The van der Waals surface area contributed by atoms with E-state index in [0.717, 1.165) is 25.3 Å². The quantitative estimate of drug-likeness (QED) is 0.378. The van der Waals surface area contributed by atoms with Crippen molar-refractivity contribution >= 4 is 0 Å². The van der Waals surface area contributed by atoms with Crippen molar-refractivity contribution in [3.63, 3.8) is 0 Å². The zero-order valence-electron chi connectivity index (χ0n) is 21.1. The minimum atomic E-state index is -0.0189. The molecule has 7 heteroatoms. The van der Waals surface area contributed by atoms with E-state index in [1.54, 1.807) is 0 Å². The molecule has 0 saturated carbocycles. The second kappa shape index (κ2) is 10.9. The van der Waals surface area contributed by atoms with Gasteiger partial charge in [0, 0.05) is 19.6 Å². The zero-order chi connectivity index (χ0) is 25.0. The summed E-state index contributed by atoms with van der Waals surface area (Å²) in [5, 5.41) is 12.5. The molecule has 7 nitrogen and oxygen atoms in total. The predicted molar refractivity (Wildman–Crippen MR) is 143 cm³/mol. The monoisotopic (exact) mass is 495 g/mol. The normalized spacial score (nSPS) is 23.0. The van der Waals surface area contributed by atoms with Crippen LogP contribution in [-0.4, -0.2) is 58.4 Å². The Morgan fingerprint density at radius 1 is 0.811 bits per heavy atom. The molecular formula is C30H33N5O2. The number of rotatable bonds is 9. The molecule has 0 aliphatic carbocycles. The van der Waals surface area contributed by atoms with Gasteiger partial charge < -0.3 is 14.8 Å². The molecule has 0 amide bonds. The highest BCUT2D eigenvalue weighted by Crippen LogP contribution is 2.34. The summed E-state index contributed by atoms with van der Waals surface area (Å²) in [6, 6.07) is 29.9. The fourth-order valence-corrected chi connectivity index (χ4v) is 5.35. The van der Waals surface area contributed by atoms with Gasteiger partial charge in [-0.15, -0.1) is 5.10 Å². The van der Waals surface area contributed by atoms with Crippen molar-refractivity contribution in [2.45, 2.75) is 43.9 Å². The fourth-order valence-electron chi connectivity index (χ4n) is 5.35. The average Bonchev–Trinajstić information content (AvgIpc) is 3.66. The molecule has 2 aliphatic heterocycles. The second-order valence-electron chi connectivity index (χ2n) is 10.1. The Morgan fingerprint density at radius 3 is 2.30 bits per heavy atom. The maximum absolute atomic E-state index is 6.20. The van der Waals surface area contributed by atoms with Crippen LogP contribution in [0.15, 0.2) is 91.1 Å². The van der Waals surface area contributed by atoms with Crippen LogP contribution in [0.2, 0.25) is 0 Å². The van der Waals surface area contributed by atoms with E-state index in [1.165, 1.54) is 22.3 Å². The third kappa shape index (κ3) is 5.50. The summed E-state index contributed by atoms with van der Waals surface area (Å²) in [5.74, 6) is 0. The Morgan fingerprint density at radius 2 is 1.51 bits per heavy atom. The Bertz CT molecular complexity index is 1280. The molecule has 6 rings (SSSR count). The highest BCUT2D eigenvalue weighted by Gasteiger charge is 2.48. The Labute approximate surface area is 218 Å². The standard InChI is InChI=1S/C30H33N5O2/c1-34(17-23-8-4-2-5-9-23)18-26-19-35(33-32-26)28-21-37-29-27(20-36-30(28)29)31-16-22-12-14-25(15-13-22)24-10-6-3-7-11-24/h2-15,19,27-31H,16-18,20-21H2,1H3. The van der Waals surface area contributed by atoms with Gasteiger partial charge >= 0.3 is 0 Å². The number of hydrogen-bond acceptors (Lipinski definition) is 6. The number of benzene rings is 3. The number of nitrogens with zero attached hydrogens (tertiary/aromatic N) is 4. The van der Waals surface area contributed by atoms with E-state index in [4.69, 9.17) is 9.47 Å². The van der Waals surface area contributed by atoms with Crippen LogP contribution in [-0.2, 0) is 29.1 Å². The summed E-state index contributed by atoms with van der Waals surface area (Å²) in [4.78, 5) is 2.25. The van der Waals surface area contributed by atoms with Gasteiger partial charge in [0.2, 0.25) is 0 Å². The molecule has 37 heavy (non-hydrogen) atoms. The Hall–Kier alpha value is -3.36. The number of hydrogen-bond donors (Lipinski definition) is 1. The first-order chi connectivity index (χ1) is 18.2. The van der Waals surface area contributed by atoms with Crippen LogP contribution in [0.1, 0.15) is 22.9 Å². The van der Waals surface area contributed by atoms with Crippen molar-refractivity contribution in [1.29, 1.82) is 0 Å².